The molecule has 6 nitrogen and oxygen atoms in total. The summed E-state index contributed by atoms with van der Waals surface area (Å²) >= 11 is 6.24. The first-order chi connectivity index (χ1) is 15.8. The summed E-state index contributed by atoms with van der Waals surface area (Å²) in [5.41, 5.74) is 2.64. The maximum Gasteiger partial charge on any atom is 0.261 e. The van der Waals surface area contributed by atoms with Crippen LogP contribution in [-0.2, 0) is 16.1 Å². The van der Waals surface area contributed by atoms with Crippen molar-refractivity contribution in [1.82, 2.24) is 10.2 Å². The Bertz CT molecular complexity index is 925. The first-order valence-corrected chi connectivity index (χ1v) is 11.8. The van der Waals surface area contributed by atoms with Crippen molar-refractivity contribution in [2.75, 3.05) is 20.3 Å². The molecule has 7 heteroatoms. The van der Waals surface area contributed by atoms with Gasteiger partial charge in [0.25, 0.3) is 5.91 Å². The standard InChI is InChI=1S/C26H35ClN2O4/c1-6-8-12-28-26(31)23(7-2)29(16-20-10-9-11-21(15-20)32-5)24(30)17-33-22-13-18(3)25(27)19(4)14-22/h9-11,13-15,23H,6-8,12,16-17H2,1-5H3,(H,28,31)/t23-/m0/s1. The lowest BCUT2D eigenvalue weighted by atomic mass is 10.1. The van der Waals surface area contributed by atoms with Gasteiger partial charge in [-0.05, 0) is 67.6 Å². The minimum atomic E-state index is -0.599. The summed E-state index contributed by atoms with van der Waals surface area (Å²) in [5.74, 6) is 0.856. The molecule has 0 fully saturated rings. The van der Waals surface area contributed by atoms with E-state index in [4.69, 9.17) is 21.1 Å². The second-order valence-electron chi connectivity index (χ2n) is 8.10. The van der Waals surface area contributed by atoms with Crippen molar-refractivity contribution in [2.45, 2.75) is 59.5 Å². The number of amides is 2. The van der Waals surface area contributed by atoms with Crippen LogP contribution in [0.25, 0.3) is 0 Å². The fraction of sp³-hybridized carbons (Fsp3) is 0.462. The lowest BCUT2D eigenvalue weighted by molar-refractivity contribution is -0.143. The SMILES string of the molecule is CCCCNC(=O)[C@H](CC)N(Cc1cccc(OC)c1)C(=O)COc1cc(C)c(Cl)c(C)c1. The number of carbonyl (C=O) groups excluding carboxylic acids is 2. The number of unbranched alkanes of at least 4 members (excludes halogenated alkanes) is 1. The highest BCUT2D eigenvalue weighted by Gasteiger charge is 2.29. The van der Waals surface area contributed by atoms with E-state index < -0.39 is 6.04 Å². The number of benzene rings is 2. The van der Waals surface area contributed by atoms with Gasteiger partial charge in [0.05, 0.1) is 7.11 Å². The summed E-state index contributed by atoms with van der Waals surface area (Å²) in [4.78, 5) is 27.8. The molecule has 0 aliphatic rings. The third-order valence-corrected chi connectivity index (χ3v) is 6.07. The Morgan fingerprint density at radius 2 is 1.79 bits per heavy atom. The number of ether oxygens (including phenoxy) is 2. The number of nitrogens with zero attached hydrogens (tertiary/aromatic N) is 1. The van der Waals surface area contributed by atoms with Crippen LogP contribution in [0.5, 0.6) is 11.5 Å². The maximum absolute atomic E-state index is 13.3. The number of halogens is 1. The molecule has 2 aromatic rings. The van der Waals surface area contributed by atoms with E-state index in [0.717, 1.165) is 29.5 Å². The molecule has 0 saturated carbocycles. The number of rotatable bonds is 12. The molecule has 0 unspecified atom stereocenters. The van der Waals surface area contributed by atoms with Crippen molar-refractivity contribution in [3.05, 3.63) is 58.1 Å². The summed E-state index contributed by atoms with van der Waals surface area (Å²) in [7, 11) is 1.60. The largest absolute Gasteiger partial charge is 0.497 e. The zero-order chi connectivity index (χ0) is 24.4. The first-order valence-electron chi connectivity index (χ1n) is 11.4. The van der Waals surface area contributed by atoms with E-state index in [1.54, 1.807) is 12.0 Å². The average Bonchev–Trinajstić information content (AvgIpc) is 2.81. The highest BCUT2D eigenvalue weighted by atomic mass is 35.5. The van der Waals surface area contributed by atoms with E-state index >= 15 is 0 Å². The van der Waals surface area contributed by atoms with Crippen molar-refractivity contribution in [3.63, 3.8) is 0 Å². The van der Waals surface area contributed by atoms with Crippen LogP contribution >= 0.6 is 11.6 Å². The van der Waals surface area contributed by atoms with E-state index in [1.165, 1.54) is 0 Å². The molecule has 180 valence electrons. The predicted molar refractivity (Wildman–Crippen MR) is 132 cm³/mol. The van der Waals surface area contributed by atoms with Crippen molar-refractivity contribution in [1.29, 1.82) is 0 Å². The number of nitrogens with one attached hydrogen (secondary N) is 1. The molecule has 0 aromatic heterocycles. The van der Waals surface area contributed by atoms with Gasteiger partial charge in [-0.2, -0.15) is 0 Å². The Morgan fingerprint density at radius 1 is 1.09 bits per heavy atom. The van der Waals surface area contributed by atoms with Crippen molar-refractivity contribution in [2.24, 2.45) is 0 Å². The number of aryl methyl sites for hydroxylation is 2. The Morgan fingerprint density at radius 3 is 2.39 bits per heavy atom. The van der Waals surface area contributed by atoms with Gasteiger partial charge in [-0.25, -0.2) is 0 Å². The summed E-state index contributed by atoms with van der Waals surface area (Å²) in [6.07, 6.45) is 2.37. The van der Waals surface area contributed by atoms with Crippen LogP contribution in [0.4, 0.5) is 0 Å². The van der Waals surface area contributed by atoms with Gasteiger partial charge in [0.2, 0.25) is 5.91 Å². The smallest absolute Gasteiger partial charge is 0.261 e. The second kappa shape index (κ2) is 13.1. The average molecular weight is 475 g/mol. The zero-order valence-corrected chi connectivity index (χ0v) is 21.0. The van der Waals surface area contributed by atoms with E-state index in [-0.39, 0.29) is 25.0 Å². The van der Waals surface area contributed by atoms with Crippen molar-refractivity contribution >= 4 is 23.4 Å². The number of hydrogen-bond acceptors (Lipinski definition) is 4. The zero-order valence-electron chi connectivity index (χ0n) is 20.2. The normalized spacial score (nSPS) is 11.6. The van der Waals surface area contributed by atoms with Gasteiger partial charge >= 0.3 is 0 Å². The molecule has 0 spiro atoms. The lowest BCUT2D eigenvalue weighted by Gasteiger charge is -2.30. The summed E-state index contributed by atoms with van der Waals surface area (Å²) < 4.78 is 11.1. The van der Waals surface area contributed by atoms with Crippen LogP contribution in [0, 0.1) is 13.8 Å². The number of carbonyl (C=O) groups is 2. The number of methoxy groups -OCH3 is 1. The van der Waals surface area contributed by atoms with E-state index in [0.29, 0.717) is 29.5 Å². The molecule has 0 radical (unpaired) electrons. The molecule has 0 saturated heterocycles. The molecule has 33 heavy (non-hydrogen) atoms. The monoisotopic (exact) mass is 474 g/mol. The van der Waals surface area contributed by atoms with Crippen LogP contribution in [0.15, 0.2) is 36.4 Å². The summed E-state index contributed by atoms with van der Waals surface area (Å²) in [5, 5.41) is 3.64. The molecule has 0 aliphatic carbocycles. The third kappa shape index (κ3) is 7.67. The molecule has 1 atom stereocenters. The predicted octanol–water partition coefficient (Wildman–Crippen LogP) is 5.07. The Hall–Kier alpha value is -2.73. The van der Waals surface area contributed by atoms with Crippen LogP contribution in [0.1, 0.15) is 49.8 Å². The van der Waals surface area contributed by atoms with E-state index in [9.17, 15) is 9.59 Å². The molecule has 0 heterocycles. The minimum absolute atomic E-state index is 0.152. The van der Waals surface area contributed by atoms with Crippen LogP contribution in [0.3, 0.4) is 0 Å². The summed E-state index contributed by atoms with van der Waals surface area (Å²) in [6.45, 7) is 8.45. The number of hydrogen-bond donors (Lipinski definition) is 1. The van der Waals surface area contributed by atoms with Gasteiger partial charge in [-0.3, -0.25) is 9.59 Å². The van der Waals surface area contributed by atoms with E-state index in [2.05, 4.69) is 12.2 Å². The van der Waals surface area contributed by atoms with Crippen LogP contribution < -0.4 is 14.8 Å². The van der Waals surface area contributed by atoms with Gasteiger partial charge in [-0.15, -0.1) is 0 Å². The molecular weight excluding hydrogens is 440 g/mol. The molecule has 0 aliphatic heterocycles. The Kier molecular flexibility index (Phi) is 10.5. The third-order valence-electron chi connectivity index (χ3n) is 5.47. The quantitative estimate of drug-likeness (QED) is 0.436. The second-order valence-corrected chi connectivity index (χ2v) is 8.48. The molecule has 2 rings (SSSR count). The molecular formula is C26H35ClN2O4. The van der Waals surface area contributed by atoms with Gasteiger partial charge < -0.3 is 19.7 Å². The first kappa shape index (κ1) is 26.5. The topological polar surface area (TPSA) is 67.9 Å². The molecule has 0 bridgehead atoms. The summed E-state index contributed by atoms with van der Waals surface area (Å²) in [6, 6.07) is 10.5. The molecule has 1 N–H and O–H groups in total. The highest BCUT2D eigenvalue weighted by Crippen LogP contribution is 2.26. The molecule has 2 aromatic carbocycles. The Balaban J connectivity index is 2.23. The highest BCUT2D eigenvalue weighted by molar-refractivity contribution is 6.32. The van der Waals surface area contributed by atoms with Gasteiger partial charge in [0, 0.05) is 18.1 Å². The Labute approximate surface area is 202 Å². The van der Waals surface area contributed by atoms with Crippen molar-refractivity contribution < 1.29 is 19.1 Å². The minimum Gasteiger partial charge on any atom is -0.497 e. The lowest BCUT2D eigenvalue weighted by Crippen LogP contribution is -2.50. The fourth-order valence-electron chi connectivity index (χ4n) is 3.61. The fourth-order valence-corrected chi connectivity index (χ4v) is 3.72. The van der Waals surface area contributed by atoms with Crippen LogP contribution in [0.2, 0.25) is 5.02 Å². The van der Waals surface area contributed by atoms with Gasteiger partial charge in [0.15, 0.2) is 6.61 Å². The molecule has 2 amide bonds. The van der Waals surface area contributed by atoms with Crippen LogP contribution in [-0.4, -0.2) is 43.0 Å². The maximum atomic E-state index is 13.3. The van der Waals surface area contributed by atoms with Gasteiger partial charge in [-0.1, -0.05) is 44.0 Å². The van der Waals surface area contributed by atoms with Crippen molar-refractivity contribution in [3.8, 4) is 11.5 Å². The van der Waals surface area contributed by atoms with Gasteiger partial charge in [0.1, 0.15) is 17.5 Å². The van der Waals surface area contributed by atoms with E-state index in [1.807, 2.05) is 57.2 Å².